The Morgan fingerprint density at radius 2 is 2.13 bits per heavy atom. The van der Waals surface area contributed by atoms with Crippen molar-refractivity contribution < 1.29 is 14.3 Å². The summed E-state index contributed by atoms with van der Waals surface area (Å²) in [5, 5.41) is 0.938. The number of fused-ring (bicyclic) bond motifs is 1. The van der Waals surface area contributed by atoms with Crippen LogP contribution in [0.2, 0.25) is 0 Å². The highest BCUT2D eigenvalue weighted by molar-refractivity contribution is 6.07. The van der Waals surface area contributed by atoms with Gasteiger partial charge in [-0.25, -0.2) is 0 Å². The number of amides is 2. The van der Waals surface area contributed by atoms with E-state index in [-0.39, 0.29) is 12.5 Å². The van der Waals surface area contributed by atoms with Crippen LogP contribution >= 0.6 is 0 Å². The second-order valence-electron chi connectivity index (χ2n) is 5.77. The van der Waals surface area contributed by atoms with E-state index < -0.39 is 12.0 Å². The van der Waals surface area contributed by atoms with Crippen molar-refractivity contribution in [1.29, 1.82) is 0 Å². The van der Waals surface area contributed by atoms with E-state index >= 15 is 0 Å². The zero-order valence-corrected chi connectivity index (χ0v) is 13.2. The molecule has 1 fully saturated rings. The van der Waals surface area contributed by atoms with Gasteiger partial charge in [0.1, 0.15) is 0 Å². The van der Waals surface area contributed by atoms with Crippen molar-refractivity contribution in [2.75, 3.05) is 19.7 Å². The first-order valence-corrected chi connectivity index (χ1v) is 7.90. The number of carbonyl (C=O) groups excluding carboxylic acids is 2. The molecule has 1 aliphatic heterocycles. The molecule has 23 heavy (non-hydrogen) atoms. The normalized spacial score (nSPS) is 18.3. The first kappa shape index (κ1) is 15.6. The van der Waals surface area contributed by atoms with Gasteiger partial charge in [-0.05, 0) is 12.5 Å². The standard InChI is InChI=1S/C17H21N3O3/c1-2-7-19-10-13(12-5-3-4-6-14(12)19)17(22)20-8-9-23-15(11-20)16(18)21/h3-6,10,15H,2,7-9,11H2,1H3,(H2,18,21)/t15-/m0/s1. The third-order valence-corrected chi connectivity index (χ3v) is 4.15. The molecule has 6 heteroatoms. The van der Waals surface area contributed by atoms with Crippen LogP contribution in [0.25, 0.3) is 10.9 Å². The van der Waals surface area contributed by atoms with Crippen LogP contribution in [0.15, 0.2) is 30.5 Å². The number of ether oxygens (including phenoxy) is 1. The maximum atomic E-state index is 12.9. The van der Waals surface area contributed by atoms with Crippen LogP contribution in [0.1, 0.15) is 23.7 Å². The number of benzene rings is 1. The summed E-state index contributed by atoms with van der Waals surface area (Å²) in [6.07, 6.45) is 2.18. The van der Waals surface area contributed by atoms with Gasteiger partial charge < -0.3 is 19.9 Å². The van der Waals surface area contributed by atoms with E-state index in [0.717, 1.165) is 23.9 Å². The molecule has 0 saturated carbocycles. The van der Waals surface area contributed by atoms with Crippen molar-refractivity contribution in [2.45, 2.75) is 26.0 Å². The molecule has 1 aromatic heterocycles. The molecule has 1 atom stereocenters. The average molecular weight is 315 g/mol. The van der Waals surface area contributed by atoms with Crippen LogP contribution in [0.3, 0.4) is 0 Å². The number of para-hydroxylation sites is 1. The van der Waals surface area contributed by atoms with Crippen LogP contribution in [0, 0.1) is 0 Å². The number of morpholine rings is 1. The Labute approximate surface area is 134 Å². The fourth-order valence-electron chi connectivity index (χ4n) is 3.02. The number of nitrogens with two attached hydrogens (primary N) is 1. The van der Waals surface area contributed by atoms with Gasteiger partial charge in [-0.3, -0.25) is 9.59 Å². The molecule has 0 radical (unpaired) electrons. The average Bonchev–Trinajstić information content (AvgIpc) is 2.94. The summed E-state index contributed by atoms with van der Waals surface area (Å²) in [5.74, 6) is -0.610. The quantitative estimate of drug-likeness (QED) is 0.926. The van der Waals surface area contributed by atoms with Gasteiger partial charge in [-0.1, -0.05) is 25.1 Å². The topological polar surface area (TPSA) is 77.6 Å². The Balaban J connectivity index is 1.93. The second kappa shape index (κ2) is 6.42. The van der Waals surface area contributed by atoms with Gasteiger partial charge in [0.2, 0.25) is 5.91 Å². The molecule has 1 aliphatic rings. The Bertz CT molecular complexity index is 738. The zero-order valence-electron chi connectivity index (χ0n) is 13.2. The molecular weight excluding hydrogens is 294 g/mol. The number of aryl methyl sites for hydroxylation is 1. The molecule has 3 rings (SSSR count). The van der Waals surface area contributed by atoms with Crippen LogP contribution in [-0.4, -0.2) is 47.1 Å². The number of nitrogens with zero attached hydrogens (tertiary/aromatic N) is 2. The predicted octanol–water partition coefficient (Wildman–Crippen LogP) is 1.38. The van der Waals surface area contributed by atoms with Crippen molar-refractivity contribution in [1.82, 2.24) is 9.47 Å². The molecule has 2 aromatic rings. The smallest absolute Gasteiger partial charge is 0.256 e. The van der Waals surface area contributed by atoms with Crippen molar-refractivity contribution in [3.8, 4) is 0 Å². The number of rotatable bonds is 4. The van der Waals surface area contributed by atoms with Gasteiger partial charge in [-0.15, -0.1) is 0 Å². The monoisotopic (exact) mass is 315 g/mol. The van der Waals surface area contributed by atoms with E-state index in [1.165, 1.54) is 0 Å². The fraction of sp³-hybridized carbons (Fsp3) is 0.412. The van der Waals surface area contributed by atoms with Gasteiger partial charge in [0.15, 0.2) is 6.10 Å². The lowest BCUT2D eigenvalue weighted by Crippen LogP contribution is -2.50. The van der Waals surface area contributed by atoms with Crippen LogP contribution < -0.4 is 5.73 Å². The molecule has 0 aliphatic carbocycles. The maximum Gasteiger partial charge on any atom is 0.256 e. The summed E-state index contributed by atoms with van der Waals surface area (Å²) < 4.78 is 7.42. The number of hydrogen-bond donors (Lipinski definition) is 1. The van der Waals surface area contributed by atoms with E-state index in [9.17, 15) is 9.59 Å². The minimum absolute atomic E-state index is 0.0781. The fourth-order valence-corrected chi connectivity index (χ4v) is 3.02. The number of carbonyl (C=O) groups is 2. The summed E-state index contributed by atoms with van der Waals surface area (Å²) in [4.78, 5) is 25.9. The van der Waals surface area contributed by atoms with Gasteiger partial charge in [-0.2, -0.15) is 0 Å². The Morgan fingerprint density at radius 3 is 2.87 bits per heavy atom. The van der Waals surface area contributed by atoms with Crippen LogP contribution in [0.4, 0.5) is 0 Å². The Hall–Kier alpha value is -2.34. The van der Waals surface area contributed by atoms with E-state index in [2.05, 4.69) is 11.5 Å². The first-order chi connectivity index (χ1) is 11.1. The highest BCUT2D eigenvalue weighted by Gasteiger charge is 2.29. The lowest BCUT2D eigenvalue weighted by atomic mass is 10.1. The maximum absolute atomic E-state index is 12.9. The van der Waals surface area contributed by atoms with Crippen molar-refractivity contribution in [3.05, 3.63) is 36.0 Å². The molecule has 1 aromatic carbocycles. The van der Waals surface area contributed by atoms with E-state index in [0.29, 0.717) is 18.7 Å². The third-order valence-electron chi connectivity index (χ3n) is 4.15. The first-order valence-electron chi connectivity index (χ1n) is 7.90. The summed E-state index contributed by atoms with van der Waals surface area (Å²) in [7, 11) is 0. The molecule has 1 saturated heterocycles. The molecule has 0 unspecified atom stereocenters. The zero-order chi connectivity index (χ0) is 16.4. The SMILES string of the molecule is CCCn1cc(C(=O)N2CCO[C@H](C(N)=O)C2)c2ccccc21. The third kappa shape index (κ3) is 2.94. The highest BCUT2D eigenvalue weighted by atomic mass is 16.5. The molecule has 0 bridgehead atoms. The molecule has 2 amide bonds. The summed E-state index contributed by atoms with van der Waals surface area (Å²) in [6, 6.07) is 7.88. The molecule has 2 heterocycles. The second-order valence-corrected chi connectivity index (χ2v) is 5.77. The summed E-state index contributed by atoms with van der Waals surface area (Å²) >= 11 is 0. The van der Waals surface area contributed by atoms with Crippen LogP contribution in [-0.2, 0) is 16.1 Å². The van der Waals surface area contributed by atoms with E-state index in [1.807, 2.05) is 30.5 Å². The molecular formula is C17H21N3O3. The molecule has 6 nitrogen and oxygen atoms in total. The van der Waals surface area contributed by atoms with Gasteiger partial charge >= 0.3 is 0 Å². The van der Waals surface area contributed by atoms with Gasteiger partial charge in [0, 0.05) is 30.2 Å². The summed E-state index contributed by atoms with van der Waals surface area (Å²) in [5.41, 5.74) is 7.02. The molecule has 0 spiro atoms. The van der Waals surface area contributed by atoms with E-state index in [1.54, 1.807) is 4.90 Å². The lowest BCUT2D eigenvalue weighted by Gasteiger charge is -2.31. The largest absolute Gasteiger partial charge is 0.367 e. The lowest BCUT2D eigenvalue weighted by molar-refractivity contribution is -0.133. The van der Waals surface area contributed by atoms with Gasteiger partial charge in [0.25, 0.3) is 5.91 Å². The minimum atomic E-state index is -0.725. The van der Waals surface area contributed by atoms with Crippen molar-refractivity contribution in [3.63, 3.8) is 0 Å². The summed E-state index contributed by atoms with van der Waals surface area (Å²) in [6.45, 7) is 3.97. The number of aromatic nitrogens is 1. The Kier molecular flexibility index (Phi) is 4.34. The number of primary amides is 1. The van der Waals surface area contributed by atoms with Crippen molar-refractivity contribution >= 4 is 22.7 Å². The minimum Gasteiger partial charge on any atom is -0.367 e. The molecule has 2 N–H and O–H groups in total. The predicted molar refractivity (Wildman–Crippen MR) is 87.1 cm³/mol. The van der Waals surface area contributed by atoms with Crippen molar-refractivity contribution in [2.24, 2.45) is 5.73 Å². The van der Waals surface area contributed by atoms with Gasteiger partial charge in [0.05, 0.1) is 18.7 Å². The van der Waals surface area contributed by atoms with Crippen LogP contribution in [0.5, 0.6) is 0 Å². The molecule has 122 valence electrons. The Morgan fingerprint density at radius 1 is 1.35 bits per heavy atom. The van der Waals surface area contributed by atoms with E-state index in [4.69, 9.17) is 10.5 Å². The number of hydrogen-bond acceptors (Lipinski definition) is 3. The highest BCUT2D eigenvalue weighted by Crippen LogP contribution is 2.24.